The predicted molar refractivity (Wildman–Crippen MR) is 47.8 cm³/mol. The Hall–Kier alpha value is -0.337. The number of aromatic nitrogens is 2. The van der Waals surface area contributed by atoms with Gasteiger partial charge >= 0.3 is 86.3 Å². The van der Waals surface area contributed by atoms with E-state index in [0.29, 0.717) is 5.75 Å². The Morgan fingerprint density at radius 3 is 2.83 bits per heavy atom. The van der Waals surface area contributed by atoms with Gasteiger partial charge in [0.2, 0.25) is 0 Å². The molecule has 0 N–H and O–H groups in total. The van der Waals surface area contributed by atoms with E-state index in [2.05, 4.69) is 27.0 Å². The molecule has 0 radical (unpaired) electrons. The third-order valence-electron chi connectivity index (χ3n) is 1.88. The summed E-state index contributed by atoms with van der Waals surface area (Å²) in [5, 5.41) is 0. The number of rotatable bonds is 1. The monoisotopic (exact) mass is 227 g/mol. The van der Waals surface area contributed by atoms with Crippen LogP contribution in [-0.4, -0.2) is 8.29 Å². The molecule has 0 saturated heterocycles. The van der Waals surface area contributed by atoms with Crippen molar-refractivity contribution in [3.05, 3.63) is 30.1 Å². The number of hydrogen-bond donors (Lipinski definition) is 1. The van der Waals surface area contributed by atoms with Crippen molar-refractivity contribution in [3.63, 3.8) is 0 Å². The van der Waals surface area contributed by atoms with Gasteiger partial charge in [0.05, 0.1) is 0 Å². The van der Waals surface area contributed by atoms with Gasteiger partial charge in [-0.2, -0.15) is 0 Å². The van der Waals surface area contributed by atoms with E-state index in [-0.39, 0.29) is 0 Å². The fraction of sp³-hybridized carbons (Fsp3) is 0.125. The SMILES string of the molecule is SCc1nc2ccccc2[n]1[Zn]. The molecule has 1 aromatic carbocycles. The number of thiol groups is 1. The van der Waals surface area contributed by atoms with Gasteiger partial charge in [-0.15, -0.1) is 0 Å². The predicted octanol–water partition coefficient (Wildman–Crippen LogP) is 1.78. The molecule has 0 atom stereocenters. The third-order valence-corrected chi connectivity index (χ3v) is 3.64. The van der Waals surface area contributed by atoms with Gasteiger partial charge in [-0.05, 0) is 0 Å². The first-order chi connectivity index (χ1) is 5.83. The second-order valence-electron chi connectivity index (χ2n) is 2.60. The summed E-state index contributed by atoms with van der Waals surface area (Å²) in [6.07, 6.45) is 0. The van der Waals surface area contributed by atoms with E-state index in [0.717, 1.165) is 29.9 Å². The van der Waals surface area contributed by atoms with E-state index in [1.807, 2.05) is 18.2 Å². The van der Waals surface area contributed by atoms with Gasteiger partial charge in [0.1, 0.15) is 0 Å². The summed E-state index contributed by atoms with van der Waals surface area (Å²) >= 11 is 5.31. The molecule has 0 amide bonds. The first kappa shape index (κ1) is 8.27. The zero-order valence-electron chi connectivity index (χ0n) is 6.57. The van der Waals surface area contributed by atoms with Crippen molar-refractivity contribution < 1.29 is 18.5 Å². The van der Waals surface area contributed by atoms with Crippen LogP contribution in [0.5, 0.6) is 0 Å². The van der Waals surface area contributed by atoms with E-state index in [1.165, 1.54) is 5.52 Å². The number of imidazole rings is 1. The summed E-state index contributed by atoms with van der Waals surface area (Å²) in [4.78, 5) is 4.45. The fourth-order valence-electron chi connectivity index (χ4n) is 1.25. The number of fused-ring (bicyclic) bond motifs is 1. The van der Waals surface area contributed by atoms with Crippen molar-refractivity contribution in [2.45, 2.75) is 5.75 Å². The van der Waals surface area contributed by atoms with Crippen LogP contribution in [0, 0.1) is 0 Å². The van der Waals surface area contributed by atoms with Gasteiger partial charge in [-0.1, -0.05) is 0 Å². The Kier molecular flexibility index (Phi) is 2.20. The molecule has 4 heteroatoms. The van der Waals surface area contributed by atoms with Crippen LogP contribution in [0.1, 0.15) is 5.82 Å². The summed E-state index contributed by atoms with van der Waals surface area (Å²) in [7, 11) is 0. The van der Waals surface area contributed by atoms with Crippen molar-refractivity contribution in [1.29, 1.82) is 0 Å². The van der Waals surface area contributed by atoms with Crippen LogP contribution in [0.3, 0.4) is 0 Å². The molecule has 1 aromatic heterocycles. The van der Waals surface area contributed by atoms with Crippen LogP contribution in [0.2, 0.25) is 0 Å². The van der Waals surface area contributed by atoms with E-state index >= 15 is 0 Å². The molecule has 2 aromatic rings. The molecule has 57 valence electrons. The Labute approximate surface area is 86.3 Å². The molecule has 0 spiro atoms. The van der Waals surface area contributed by atoms with Crippen molar-refractivity contribution in [3.8, 4) is 0 Å². The van der Waals surface area contributed by atoms with Crippen LogP contribution in [-0.2, 0) is 24.3 Å². The van der Waals surface area contributed by atoms with Crippen molar-refractivity contribution in [1.82, 2.24) is 8.29 Å². The van der Waals surface area contributed by atoms with Crippen LogP contribution in [0.4, 0.5) is 0 Å². The van der Waals surface area contributed by atoms with Gasteiger partial charge in [0, 0.05) is 0 Å². The number of hydrogen-bond acceptors (Lipinski definition) is 2. The van der Waals surface area contributed by atoms with E-state index in [4.69, 9.17) is 0 Å². The summed E-state index contributed by atoms with van der Waals surface area (Å²) in [5.74, 6) is 1.79. The van der Waals surface area contributed by atoms with E-state index in [9.17, 15) is 0 Å². The zero-order valence-corrected chi connectivity index (χ0v) is 10.4. The summed E-state index contributed by atoms with van der Waals surface area (Å²) < 4.78 is 2.20. The normalized spacial score (nSPS) is 10.9. The Balaban J connectivity index is 2.78. The zero-order chi connectivity index (χ0) is 8.55. The van der Waals surface area contributed by atoms with Gasteiger partial charge < -0.3 is 0 Å². The number of nitrogens with zero attached hydrogens (tertiary/aromatic N) is 2. The van der Waals surface area contributed by atoms with Crippen LogP contribution >= 0.6 is 12.6 Å². The topological polar surface area (TPSA) is 17.8 Å². The minimum atomic E-state index is 0.717. The maximum absolute atomic E-state index is 4.45. The van der Waals surface area contributed by atoms with Gasteiger partial charge in [-0.25, -0.2) is 0 Å². The molecule has 0 bridgehead atoms. The maximum atomic E-state index is 4.45. The molecule has 12 heavy (non-hydrogen) atoms. The Morgan fingerprint density at radius 1 is 1.42 bits per heavy atom. The van der Waals surface area contributed by atoms with Crippen molar-refractivity contribution >= 4 is 23.7 Å². The average Bonchev–Trinajstić information content (AvgIpc) is 2.44. The molecule has 2 rings (SSSR count). The fourth-order valence-corrected chi connectivity index (χ4v) is 2.83. The van der Waals surface area contributed by atoms with Gasteiger partial charge in [0.25, 0.3) is 0 Å². The molecular formula is C8H7N2SZn. The first-order valence-electron chi connectivity index (χ1n) is 3.71. The third kappa shape index (κ3) is 1.19. The molecule has 0 aliphatic rings. The molecule has 0 fully saturated rings. The molecule has 0 saturated carbocycles. The quantitative estimate of drug-likeness (QED) is 0.582. The van der Waals surface area contributed by atoms with Gasteiger partial charge in [0.15, 0.2) is 0 Å². The second-order valence-corrected chi connectivity index (χ2v) is 4.25. The molecule has 0 aliphatic heterocycles. The average molecular weight is 229 g/mol. The Bertz CT molecular complexity index is 410. The molecule has 1 heterocycles. The van der Waals surface area contributed by atoms with Crippen molar-refractivity contribution in [2.24, 2.45) is 0 Å². The second kappa shape index (κ2) is 3.19. The summed E-state index contributed by atoms with van der Waals surface area (Å²) in [5.41, 5.74) is 2.30. The molecular weight excluding hydrogens is 222 g/mol. The van der Waals surface area contributed by atoms with Crippen LogP contribution < -0.4 is 0 Å². The molecule has 2 nitrogen and oxygen atoms in total. The molecule has 0 aliphatic carbocycles. The van der Waals surface area contributed by atoms with Crippen LogP contribution in [0.15, 0.2) is 24.3 Å². The van der Waals surface area contributed by atoms with Crippen molar-refractivity contribution in [2.75, 3.05) is 0 Å². The summed E-state index contributed by atoms with van der Waals surface area (Å²) in [6.45, 7) is 0. The van der Waals surface area contributed by atoms with E-state index < -0.39 is 0 Å². The number of para-hydroxylation sites is 2. The standard InChI is InChI=1S/C8H7N2S.Zn/c11-5-8-9-6-3-1-2-4-7(6)10-8;/h1-4H,5H2,(H-,9,10,11);/q-1;+1. The summed E-state index contributed by atoms with van der Waals surface area (Å²) in [6, 6.07) is 8.18. The van der Waals surface area contributed by atoms with Gasteiger partial charge in [-0.3, -0.25) is 0 Å². The Morgan fingerprint density at radius 2 is 2.17 bits per heavy atom. The first-order valence-corrected chi connectivity index (χ1v) is 5.67. The van der Waals surface area contributed by atoms with Crippen LogP contribution in [0.25, 0.3) is 11.0 Å². The minimum absolute atomic E-state index is 0.717. The number of benzene rings is 1. The molecule has 0 unspecified atom stereocenters. The van der Waals surface area contributed by atoms with E-state index in [1.54, 1.807) is 0 Å².